The summed E-state index contributed by atoms with van der Waals surface area (Å²) < 4.78 is 0. The van der Waals surface area contributed by atoms with Crippen molar-refractivity contribution in [2.75, 3.05) is 22.1 Å². The van der Waals surface area contributed by atoms with Crippen LogP contribution in [-0.4, -0.2) is 22.0 Å². The van der Waals surface area contributed by atoms with Gasteiger partial charge in [0.15, 0.2) is 0 Å². The fourth-order valence-corrected chi connectivity index (χ4v) is 4.93. The van der Waals surface area contributed by atoms with Crippen LogP contribution in [-0.2, 0) is 5.41 Å². The van der Waals surface area contributed by atoms with Crippen LogP contribution in [0.5, 0.6) is 11.5 Å². The Labute approximate surface area is 233 Å². The van der Waals surface area contributed by atoms with Crippen LogP contribution < -0.4 is 22.1 Å². The third-order valence-corrected chi connectivity index (χ3v) is 6.88. The van der Waals surface area contributed by atoms with E-state index >= 15 is 0 Å². The molecule has 0 aliphatic heterocycles. The molecule has 4 aromatic rings. The van der Waals surface area contributed by atoms with Crippen molar-refractivity contribution in [3.8, 4) is 11.5 Å². The Hall–Kier alpha value is -4.98. The summed E-state index contributed by atoms with van der Waals surface area (Å²) in [5, 5.41) is 26.7. The summed E-state index contributed by atoms with van der Waals surface area (Å²) in [5.74, 6) is -0.686. The number of rotatable bonds is 8. The van der Waals surface area contributed by atoms with Crippen molar-refractivity contribution < 1.29 is 19.8 Å². The SMILES string of the molecule is CC(C)CC(C)(c1ccc(O)c(NC(=O)c2cccc(N)c2)c1)c1ccc(O)c(NC(=O)c2cccc(N)c2)c1. The number of nitrogens with two attached hydrogens (primary N) is 2. The number of phenols is 2. The van der Waals surface area contributed by atoms with Crippen LogP contribution >= 0.6 is 0 Å². The lowest BCUT2D eigenvalue weighted by Crippen LogP contribution is -2.26. The molecule has 40 heavy (non-hydrogen) atoms. The maximum Gasteiger partial charge on any atom is 0.255 e. The Balaban J connectivity index is 1.71. The van der Waals surface area contributed by atoms with E-state index in [1.54, 1.807) is 72.8 Å². The van der Waals surface area contributed by atoms with Gasteiger partial charge in [-0.2, -0.15) is 0 Å². The normalized spacial score (nSPS) is 11.3. The summed E-state index contributed by atoms with van der Waals surface area (Å²) in [4.78, 5) is 25.8. The molecule has 206 valence electrons. The first kappa shape index (κ1) is 28.0. The van der Waals surface area contributed by atoms with Gasteiger partial charge in [-0.05, 0) is 84.1 Å². The van der Waals surface area contributed by atoms with E-state index in [0.29, 0.717) is 28.9 Å². The molecule has 0 aliphatic rings. The molecule has 0 spiro atoms. The molecule has 0 bridgehead atoms. The molecule has 0 saturated heterocycles. The fraction of sp³-hybridized carbons (Fsp3) is 0.188. The van der Waals surface area contributed by atoms with Crippen LogP contribution in [0.25, 0.3) is 0 Å². The number of carbonyl (C=O) groups is 2. The van der Waals surface area contributed by atoms with Gasteiger partial charge in [0.05, 0.1) is 11.4 Å². The number of anilines is 4. The van der Waals surface area contributed by atoms with Gasteiger partial charge in [0.1, 0.15) is 11.5 Å². The third kappa shape index (κ3) is 6.18. The Kier molecular flexibility index (Phi) is 8.00. The standard InChI is InChI=1S/C32H34N4O4/c1-19(2)18-32(3,22-10-12-28(37)26(16-22)35-30(39)20-6-4-8-24(33)14-20)23-11-13-29(38)27(17-23)36-31(40)21-7-5-9-25(34)15-21/h4-17,19,37-38H,18,33-34H2,1-3H3,(H,35,39)(H,36,40). The minimum absolute atomic E-state index is 0.0753. The number of nitrogen functional groups attached to an aromatic ring is 2. The third-order valence-electron chi connectivity index (χ3n) is 6.88. The number of hydrogen-bond donors (Lipinski definition) is 6. The highest BCUT2D eigenvalue weighted by molar-refractivity contribution is 6.06. The molecule has 0 heterocycles. The van der Waals surface area contributed by atoms with Gasteiger partial charge < -0.3 is 32.3 Å². The molecule has 0 saturated carbocycles. The molecule has 0 radical (unpaired) electrons. The predicted molar refractivity (Wildman–Crippen MR) is 160 cm³/mol. The number of nitrogens with one attached hydrogen (secondary N) is 2. The zero-order valence-electron chi connectivity index (χ0n) is 22.7. The van der Waals surface area contributed by atoms with Gasteiger partial charge in [0.25, 0.3) is 11.8 Å². The molecule has 2 amide bonds. The monoisotopic (exact) mass is 538 g/mol. The zero-order chi connectivity index (χ0) is 29.0. The van der Waals surface area contributed by atoms with E-state index in [1.165, 1.54) is 0 Å². The van der Waals surface area contributed by atoms with Crippen LogP contribution in [0.15, 0.2) is 84.9 Å². The molecule has 0 unspecified atom stereocenters. The molecule has 8 heteroatoms. The quantitative estimate of drug-likeness (QED) is 0.117. The van der Waals surface area contributed by atoms with Gasteiger partial charge >= 0.3 is 0 Å². The van der Waals surface area contributed by atoms with Crippen LogP contribution in [0.2, 0.25) is 0 Å². The van der Waals surface area contributed by atoms with E-state index in [-0.39, 0.29) is 28.8 Å². The minimum Gasteiger partial charge on any atom is -0.506 e. The number of phenolic OH excluding ortho intramolecular Hbond substituents is 2. The van der Waals surface area contributed by atoms with E-state index in [2.05, 4.69) is 31.4 Å². The molecular formula is C32H34N4O4. The van der Waals surface area contributed by atoms with Crippen LogP contribution in [0.1, 0.15) is 59.0 Å². The summed E-state index contributed by atoms with van der Waals surface area (Å²) in [6.07, 6.45) is 0.702. The Morgan fingerprint density at radius 1 is 0.725 bits per heavy atom. The Morgan fingerprint density at radius 2 is 1.15 bits per heavy atom. The molecule has 0 aromatic heterocycles. The molecule has 8 nitrogen and oxygen atoms in total. The topological polar surface area (TPSA) is 151 Å². The van der Waals surface area contributed by atoms with Crippen molar-refractivity contribution in [2.45, 2.75) is 32.6 Å². The smallest absolute Gasteiger partial charge is 0.255 e. The number of benzene rings is 4. The summed E-state index contributed by atoms with van der Waals surface area (Å²) >= 11 is 0. The van der Waals surface area contributed by atoms with Crippen molar-refractivity contribution in [3.63, 3.8) is 0 Å². The van der Waals surface area contributed by atoms with Crippen LogP contribution in [0, 0.1) is 5.92 Å². The van der Waals surface area contributed by atoms with Crippen molar-refractivity contribution in [2.24, 2.45) is 5.92 Å². The van der Waals surface area contributed by atoms with Crippen molar-refractivity contribution in [1.29, 1.82) is 0 Å². The van der Waals surface area contributed by atoms with E-state index < -0.39 is 17.2 Å². The van der Waals surface area contributed by atoms with E-state index in [9.17, 15) is 19.8 Å². The number of amides is 2. The molecule has 0 fully saturated rings. The second-order valence-corrected chi connectivity index (χ2v) is 10.6. The fourth-order valence-electron chi connectivity index (χ4n) is 4.93. The number of carbonyl (C=O) groups excluding carboxylic acids is 2. The number of aromatic hydroxyl groups is 2. The maximum absolute atomic E-state index is 12.9. The second-order valence-electron chi connectivity index (χ2n) is 10.6. The summed E-state index contributed by atoms with van der Waals surface area (Å²) in [5.41, 5.74) is 14.9. The molecule has 8 N–H and O–H groups in total. The largest absolute Gasteiger partial charge is 0.506 e. The highest BCUT2D eigenvalue weighted by Crippen LogP contribution is 2.42. The number of hydrogen-bond acceptors (Lipinski definition) is 6. The molecule has 0 atom stereocenters. The van der Waals surface area contributed by atoms with E-state index in [0.717, 1.165) is 11.1 Å². The average Bonchev–Trinajstić information content (AvgIpc) is 2.90. The Bertz CT molecular complexity index is 1460. The first-order chi connectivity index (χ1) is 19.0. The first-order valence-corrected chi connectivity index (χ1v) is 13.0. The van der Waals surface area contributed by atoms with Gasteiger partial charge in [-0.15, -0.1) is 0 Å². The molecule has 4 aromatic carbocycles. The van der Waals surface area contributed by atoms with Gasteiger partial charge in [-0.3, -0.25) is 9.59 Å². The van der Waals surface area contributed by atoms with E-state index in [4.69, 9.17) is 11.5 Å². The predicted octanol–water partition coefficient (Wildman–Crippen LogP) is 6.12. The first-order valence-electron chi connectivity index (χ1n) is 13.0. The van der Waals surface area contributed by atoms with Gasteiger partial charge in [0.2, 0.25) is 0 Å². The van der Waals surface area contributed by atoms with Gasteiger partial charge in [0, 0.05) is 27.9 Å². The van der Waals surface area contributed by atoms with Crippen molar-refractivity contribution in [3.05, 3.63) is 107 Å². The second kappa shape index (κ2) is 11.4. The van der Waals surface area contributed by atoms with E-state index in [1.807, 2.05) is 12.1 Å². The maximum atomic E-state index is 12.9. The minimum atomic E-state index is -0.608. The lowest BCUT2D eigenvalue weighted by Gasteiger charge is -2.34. The summed E-state index contributed by atoms with van der Waals surface area (Å²) in [6.45, 7) is 6.26. The summed E-state index contributed by atoms with van der Waals surface area (Å²) in [6, 6.07) is 23.4. The van der Waals surface area contributed by atoms with Crippen LogP contribution in [0.4, 0.5) is 22.7 Å². The van der Waals surface area contributed by atoms with Crippen molar-refractivity contribution >= 4 is 34.6 Å². The van der Waals surface area contributed by atoms with Crippen molar-refractivity contribution in [1.82, 2.24) is 0 Å². The highest BCUT2D eigenvalue weighted by Gasteiger charge is 2.32. The van der Waals surface area contributed by atoms with Crippen LogP contribution in [0.3, 0.4) is 0 Å². The molecular weight excluding hydrogens is 504 g/mol. The Morgan fingerprint density at radius 3 is 1.52 bits per heavy atom. The molecule has 0 aliphatic carbocycles. The highest BCUT2D eigenvalue weighted by atomic mass is 16.3. The van der Waals surface area contributed by atoms with Gasteiger partial charge in [-0.25, -0.2) is 0 Å². The average molecular weight is 539 g/mol. The lowest BCUT2D eigenvalue weighted by atomic mass is 9.71. The van der Waals surface area contributed by atoms with Gasteiger partial charge in [-0.1, -0.05) is 45.0 Å². The zero-order valence-corrected chi connectivity index (χ0v) is 22.7. The molecule has 4 rings (SSSR count). The lowest BCUT2D eigenvalue weighted by molar-refractivity contribution is 0.101. The summed E-state index contributed by atoms with van der Waals surface area (Å²) in [7, 11) is 0.